The van der Waals surface area contributed by atoms with Crippen molar-refractivity contribution < 1.29 is 12.8 Å². The van der Waals surface area contributed by atoms with E-state index in [1.807, 2.05) is 0 Å². The summed E-state index contributed by atoms with van der Waals surface area (Å²) in [6.45, 7) is 8.31. The standard InChI is InChI=1S/C17H23FN2O2SSi/c1-24(2,3)15-5-4-14-23(21,22)20-12-10-19(11-13-20)17-8-6-16(18)7-9-17/h4,6-9,14H,10-13H2,1-3H3/b14-4-. The molecule has 1 aromatic carbocycles. The predicted octanol–water partition coefficient (Wildman–Crippen LogP) is 2.67. The Labute approximate surface area is 145 Å². The number of anilines is 1. The molecule has 1 aromatic rings. The lowest BCUT2D eigenvalue weighted by atomic mass is 10.2. The van der Waals surface area contributed by atoms with E-state index in [1.54, 1.807) is 12.1 Å². The van der Waals surface area contributed by atoms with Gasteiger partial charge in [-0.1, -0.05) is 25.6 Å². The molecule has 1 saturated heterocycles. The van der Waals surface area contributed by atoms with Crippen LogP contribution in [0.5, 0.6) is 0 Å². The van der Waals surface area contributed by atoms with Crippen molar-refractivity contribution in [1.29, 1.82) is 0 Å². The number of hydrogen-bond acceptors (Lipinski definition) is 3. The summed E-state index contributed by atoms with van der Waals surface area (Å²) in [5.41, 5.74) is 4.02. The van der Waals surface area contributed by atoms with E-state index in [0.717, 1.165) is 5.69 Å². The summed E-state index contributed by atoms with van der Waals surface area (Å²) in [5.74, 6) is 2.57. The van der Waals surface area contributed by atoms with Crippen LogP contribution in [0.2, 0.25) is 19.6 Å². The Balaban J connectivity index is 1.96. The Hall–Kier alpha value is -1.62. The van der Waals surface area contributed by atoms with Crippen LogP contribution in [0.15, 0.2) is 35.7 Å². The molecule has 1 aliphatic heterocycles. The largest absolute Gasteiger partial charge is 0.369 e. The van der Waals surface area contributed by atoms with E-state index in [4.69, 9.17) is 0 Å². The minimum atomic E-state index is -3.43. The highest BCUT2D eigenvalue weighted by Gasteiger charge is 2.25. The summed E-state index contributed by atoms with van der Waals surface area (Å²) in [6, 6.07) is 6.26. The first-order chi connectivity index (χ1) is 11.2. The number of rotatable bonds is 3. The molecular weight excluding hydrogens is 343 g/mol. The molecule has 0 spiro atoms. The zero-order valence-electron chi connectivity index (χ0n) is 14.3. The number of allylic oxidation sites excluding steroid dienone is 1. The third-order valence-electron chi connectivity index (χ3n) is 3.56. The fourth-order valence-corrected chi connectivity index (χ4v) is 3.92. The van der Waals surface area contributed by atoms with E-state index in [0.29, 0.717) is 26.2 Å². The average Bonchev–Trinajstić information content (AvgIpc) is 2.52. The fourth-order valence-electron chi connectivity index (χ4n) is 2.32. The number of piperazine rings is 1. The summed E-state index contributed by atoms with van der Waals surface area (Å²) in [5, 5.41) is 1.19. The maximum atomic E-state index is 13.0. The maximum absolute atomic E-state index is 13.0. The maximum Gasteiger partial charge on any atom is 0.236 e. The third kappa shape index (κ3) is 5.48. The Bertz CT molecular complexity index is 751. The number of sulfonamides is 1. The number of halogens is 1. The molecule has 4 nitrogen and oxygen atoms in total. The molecule has 1 aliphatic rings. The highest BCUT2D eigenvalue weighted by molar-refractivity contribution is 7.92. The van der Waals surface area contributed by atoms with Crippen LogP contribution < -0.4 is 4.90 Å². The highest BCUT2D eigenvalue weighted by atomic mass is 32.2. The Morgan fingerprint density at radius 1 is 1.08 bits per heavy atom. The van der Waals surface area contributed by atoms with Crippen molar-refractivity contribution >= 4 is 23.8 Å². The molecule has 0 amide bonds. The highest BCUT2D eigenvalue weighted by Crippen LogP contribution is 2.18. The van der Waals surface area contributed by atoms with E-state index in [9.17, 15) is 12.8 Å². The van der Waals surface area contributed by atoms with Gasteiger partial charge in [-0.3, -0.25) is 0 Å². The molecule has 130 valence electrons. The van der Waals surface area contributed by atoms with Gasteiger partial charge in [0.05, 0.1) is 5.41 Å². The van der Waals surface area contributed by atoms with Gasteiger partial charge in [0.2, 0.25) is 10.0 Å². The van der Waals surface area contributed by atoms with Crippen LogP contribution in [-0.2, 0) is 10.0 Å². The second-order valence-electron chi connectivity index (χ2n) is 6.73. The van der Waals surface area contributed by atoms with Crippen LogP contribution in [0.1, 0.15) is 0 Å². The summed E-state index contributed by atoms with van der Waals surface area (Å²) < 4.78 is 39.1. The van der Waals surface area contributed by atoms with Gasteiger partial charge < -0.3 is 4.90 Å². The van der Waals surface area contributed by atoms with Gasteiger partial charge in [-0.15, -0.1) is 5.54 Å². The Morgan fingerprint density at radius 3 is 2.21 bits per heavy atom. The van der Waals surface area contributed by atoms with Gasteiger partial charge in [-0.2, -0.15) is 4.31 Å². The van der Waals surface area contributed by atoms with E-state index in [-0.39, 0.29) is 5.82 Å². The van der Waals surface area contributed by atoms with Gasteiger partial charge in [0, 0.05) is 37.9 Å². The van der Waals surface area contributed by atoms with E-state index >= 15 is 0 Å². The average molecular weight is 367 g/mol. The molecule has 0 aromatic heterocycles. The first-order valence-corrected chi connectivity index (χ1v) is 12.9. The van der Waals surface area contributed by atoms with Crippen LogP contribution in [0.25, 0.3) is 0 Å². The molecule has 0 radical (unpaired) electrons. The van der Waals surface area contributed by atoms with E-state index < -0.39 is 18.1 Å². The lowest BCUT2D eigenvalue weighted by Crippen LogP contribution is -2.48. The van der Waals surface area contributed by atoms with E-state index in [2.05, 4.69) is 36.0 Å². The first kappa shape index (κ1) is 18.7. The smallest absolute Gasteiger partial charge is 0.236 e. The summed E-state index contributed by atoms with van der Waals surface area (Å²) >= 11 is 0. The van der Waals surface area contributed by atoms with Gasteiger partial charge in [-0.05, 0) is 24.3 Å². The van der Waals surface area contributed by atoms with Crippen molar-refractivity contribution in [1.82, 2.24) is 4.31 Å². The van der Waals surface area contributed by atoms with Gasteiger partial charge in [0.15, 0.2) is 0 Å². The number of benzene rings is 1. The molecule has 1 fully saturated rings. The molecule has 0 aliphatic carbocycles. The SMILES string of the molecule is C[Si](C)(C)C#C/C=C\S(=O)(=O)N1CCN(c2ccc(F)cc2)CC1. The molecule has 24 heavy (non-hydrogen) atoms. The van der Waals surface area contributed by atoms with Crippen LogP contribution in [0.3, 0.4) is 0 Å². The zero-order chi connectivity index (χ0) is 17.8. The monoisotopic (exact) mass is 366 g/mol. The van der Waals surface area contributed by atoms with Crippen molar-refractivity contribution in [3.8, 4) is 11.5 Å². The second-order valence-corrected chi connectivity index (χ2v) is 13.3. The third-order valence-corrected chi connectivity index (χ3v) is 6.02. The van der Waals surface area contributed by atoms with Crippen molar-refractivity contribution in [3.05, 3.63) is 41.6 Å². The van der Waals surface area contributed by atoms with Crippen LogP contribution in [-0.4, -0.2) is 47.0 Å². The first-order valence-electron chi connectivity index (χ1n) is 7.87. The molecule has 0 saturated carbocycles. The number of nitrogens with zero attached hydrogens (tertiary/aromatic N) is 2. The lowest BCUT2D eigenvalue weighted by molar-refractivity contribution is 0.390. The molecule has 1 heterocycles. The summed E-state index contributed by atoms with van der Waals surface area (Å²) in [7, 11) is -4.93. The Kier molecular flexibility index (Phi) is 5.86. The second kappa shape index (κ2) is 7.51. The van der Waals surface area contributed by atoms with Crippen molar-refractivity contribution in [3.63, 3.8) is 0 Å². The number of hydrogen-bond donors (Lipinski definition) is 0. The fraction of sp³-hybridized carbons (Fsp3) is 0.412. The lowest BCUT2D eigenvalue weighted by Gasteiger charge is -2.34. The quantitative estimate of drug-likeness (QED) is 0.610. The molecular formula is C17H23FN2O2SSi. The van der Waals surface area contributed by atoms with Gasteiger partial charge >= 0.3 is 0 Å². The minimum absolute atomic E-state index is 0.274. The topological polar surface area (TPSA) is 40.6 Å². The molecule has 0 unspecified atom stereocenters. The molecule has 7 heteroatoms. The van der Waals surface area contributed by atoms with Crippen LogP contribution in [0, 0.1) is 17.3 Å². The predicted molar refractivity (Wildman–Crippen MR) is 99.4 cm³/mol. The van der Waals surface area contributed by atoms with Crippen LogP contribution >= 0.6 is 0 Å². The minimum Gasteiger partial charge on any atom is -0.369 e. The molecule has 0 N–H and O–H groups in total. The normalized spacial score (nSPS) is 16.9. The molecule has 0 bridgehead atoms. The summed E-state index contributed by atoms with van der Waals surface area (Å²) in [6.07, 6.45) is 1.43. The van der Waals surface area contributed by atoms with Gasteiger partial charge in [-0.25, -0.2) is 12.8 Å². The zero-order valence-corrected chi connectivity index (χ0v) is 16.1. The van der Waals surface area contributed by atoms with E-state index in [1.165, 1.54) is 27.9 Å². The van der Waals surface area contributed by atoms with Crippen molar-refractivity contribution in [2.24, 2.45) is 0 Å². The van der Waals surface area contributed by atoms with Crippen LogP contribution in [0.4, 0.5) is 10.1 Å². The van der Waals surface area contributed by atoms with Gasteiger partial charge in [0.25, 0.3) is 0 Å². The molecule has 0 atom stereocenters. The molecule has 2 rings (SSSR count). The van der Waals surface area contributed by atoms with Gasteiger partial charge in [0.1, 0.15) is 13.9 Å². The van der Waals surface area contributed by atoms with Crippen molar-refractivity contribution in [2.75, 3.05) is 31.1 Å². The summed E-state index contributed by atoms with van der Waals surface area (Å²) in [4.78, 5) is 2.06. The van der Waals surface area contributed by atoms with Crippen molar-refractivity contribution in [2.45, 2.75) is 19.6 Å². The Morgan fingerprint density at radius 2 is 1.67 bits per heavy atom.